The topological polar surface area (TPSA) is 225 Å². The second-order valence-corrected chi connectivity index (χ2v) is 14.3. The smallest absolute Gasteiger partial charge is 0.326 e. The third kappa shape index (κ3) is 24.3. The van der Waals surface area contributed by atoms with Gasteiger partial charge in [0.15, 0.2) is 0 Å². The molecule has 3 atom stereocenters. The Balaban J connectivity index is -0.000000732. The summed E-state index contributed by atoms with van der Waals surface area (Å²) >= 11 is 0. The number of likely N-dealkylation sites (tertiary alicyclic amines) is 1. The first-order valence-electron chi connectivity index (χ1n) is 20.0. The average molecular weight is 786 g/mol. The number of rotatable bonds is 25. The number of nitrogens with one attached hydrogen (secondary N) is 2. The van der Waals surface area contributed by atoms with Crippen LogP contribution in [0.4, 0.5) is 0 Å². The second kappa shape index (κ2) is 32.4. The van der Waals surface area contributed by atoms with Crippen LogP contribution in [0.5, 0.6) is 0 Å². The third-order valence-electron chi connectivity index (χ3n) is 9.24. The van der Waals surface area contributed by atoms with Gasteiger partial charge in [-0.3, -0.25) is 19.2 Å². The highest BCUT2D eigenvalue weighted by Gasteiger charge is 2.36. The molecular weight excluding hydrogens is 710 g/mol. The van der Waals surface area contributed by atoms with Crippen LogP contribution in [-0.2, 0) is 38.4 Å². The van der Waals surface area contributed by atoms with E-state index in [4.69, 9.17) is 15.3 Å². The van der Waals surface area contributed by atoms with Crippen molar-refractivity contribution in [3.05, 3.63) is 0 Å². The summed E-state index contributed by atoms with van der Waals surface area (Å²) in [5.74, 6) is -4.10. The van der Waals surface area contributed by atoms with E-state index in [9.17, 15) is 38.4 Å². The number of aliphatic carboxylic acids is 3. The SMILES string of the molecule is C.CCCC(CCC)C(=O)N1CCC[C@H]1C(=O)O.CCCC(CCC)C(=O)N[C@@H](CC(C)=O)C(=O)O.CCCC(CCC)C(=O)N[C@@H](CCC(C)=O)C(=O)O. The molecular formula is C41H75N3O11. The van der Waals surface area contributed by atoms with E-state index in [1.165, 1.54) is 13.8 Å². The number of Topliss-reactive ketones (excluding diaryl/α,β-unsaturated/α-hetero) is 2. The number of carbonyl (C=O) groups excluding carboxylic acids is 5. The van der Waals surface area contributed by atoms with Crippen molar-refractivity contribution in [1.82, 2.24) is 15.5 Å². The second-order valence-electron chi connectivity index (χ2n) is 14.3. The Bertz CT molecular complexity index is 1160. The van der Waals surface area contributed by atoms with E-state index in [2.05, 4.69) is 24.5 Å². The molecule has 55 heavy (non-hydrogen) atoms. The summed E-state index contributed by atoms with van der Waals surface area (Å²) in [5, 5.41) is 32.1. The predicted molar refractivity (Wildman–Crippen MR) is 213 cm³/mol. The van der Waals surface area contributed by atoms with Crippen LogP contribution in [0.2, 0.25) is 0 Å². The van der Waals surface area contributed by atoms with Crippen molar-refractivity contribution in [3.63, 3.8) is 0 Å². The molecule has 3 amide bonds. The van der Waals surface area contributed by atoms with Crippen LogP contribution >= 0.6 is 0 Å². The van der Waals surface area contributed by atoms with Gasteiger partial charge in [-0.15, -0.1) is 0 Å². The van der Waals surface area contributed by atoms with Crippen molar-refractivity contribution in [1.29, 1.82) is 0 Å². The largest absolute Gasteiger partial charge is 0.480 e. The quantitative estimate of drug-likeness (QED) is 0.0647. The van der Waals surface area contributed by atoms with Crippen molar-refractivity contribution >= 4 is 47.2 Å². The molecule has 0 bridgehead atoms. The highest BCUT2D eigenvalue weighted by atomic mass is 16.4. The van der Waals surface area contributed by atoms with Crippen molar-refractivity contribution in [3.8, 4) is 0 Å². The van der Waals surface area contributed by atoms with Crippen molar-refractivity contribution in [2.75, 3.05) is 6.54 Å². The maximum Gasteiger partial charge on any atom is 0.326 e. The fraction of sp³-hybridized carbons (Fsp3) is 0.805. The Hall–Kier alpha value is -3.84. The van der Waals surface area contributed by atoms with Gasteiger partial charge in [0, 0.05) is 37.1 Å². The summed E-state index contributed by atoms with van der Waals surface area (Å²) in [4.78, 5) is 92.7. The molecule has 320 valence electrons. The van der Waals surface area contributed by atoms with Gasteiger partial charge in [-0.1, -0.05) is 87.5 Å². The van der Waals surface area contributed by atoms with Gasteiger partial charge in [0.2, 0.25) is 17.7 Å². The highest BCUT2D eigenvalue weighted by Crippen LogP contribution is 2.24. The summed E-state index contributed by atoms with van der Waals surface area (Å²) in [5.41, 5.74) is 0. The zero-order valence-electron chi connectivity index (χ0n) is 34.2. The Labute approximate surface area is 330 Å². The highest BCUT2D eigenvalue weighted by molar-refractivity contribution is 5.89. The molecule has 1 aliphatic heterocycles. The van der Waals surface area contributed by atoms with Crippen LogP contribution in [0.3, 0.4) is 0 Å². The number of amides is 3. The lowest BCUT2D eigenvalue weighted by Gasteiger charge is -2.26. The zero-order chi connectivity index (χ0) is 41.8. The van der Waals surface area contributed by atoms with Gasteiger partial charge in [0.25, 0.3) is 0 Å². The monoisotopic (exact) mass is 786 g/mol. The molecule has 0 aliphatic carbocycles. The lowest BCUT2D eigenvalue weighted by atomic mass is 9.96. The zero-order valence-corrected chi connectivity index (χ0v) is 34.2. The standard InChI is InChI=1S/C14H25NO4.C13H23NO4.C13H23NO3.CH4/c1-4-6-11(7-5-2)13(17)15-12(14(18)19)9-8-10(3)16;1-4-6-10(7-5-2)12(16)14-11(13(17)18)8-9(3)15;1-3-6-10(7-4-2)12(15)14-9-5-8-11(14)13(16)17;/h11-12H,4-9H2,1-3H3,(H,15,17)(H,18,19);10-11H,4-8H2,1-3H3,(H,14,16)(H,17,18);10-11H,3-9H2,1-2H3,(H,16,17);1H4/t12-;2*11-;/m000./s1. The van der Waals surface area contributed by atoms with Gasteiger partial charge in [-0.2, -0.15) is 0 Å². The number of nitrogens with zero attached hydrogens (tertiary/aromatic N) is 1. The minimum atomic E-state index is -1.16. The summed E-state index contributed by atoms with van der Waals surface area (Å²) < 4.78 is 0. The van der Waals surface area contributed by atoms with Crippen molar-refractivity contribution < 1.29 is 53.7 Å². The first kappa shape index (κ1) is 55.5. The molecule has 1 rings (SSSR count). The van der Waals surface area contributed by atoms with Gasteiger partial charge >= 0.3 is 17.9 Å². The molecule has 0 saturated carbocycles. The molecule has 0 radical (unpaired) electrons. The fourth-order valence-electron chi connectivity index (χ4n) is 6.49. The number of hydrogen-bond donors (Lipinski definition) is 5. The summed E-state index contributed by atoms with van der Waals surface area (Å²) in [6.07, 6.45) is 11.8. The minimum absolute atomic E-state index is 0. The van der Waals surface area contributed by atoms with Crippen LogP contribution in [0.25, 0.3) is 0 Å². The molecule has 14 heteroatoms. The number of carbonyl (C=O) groups is 8. The summed E-state index contributed by atoms with van der Waals surface area (Å²) in [6.45, 7) is 15.4. The molecule has 0 unspecified atom stereocenters. The summed E-state index contributed by atoms with van der Waals surface area (Å²) in [7, 11) is 0. The van der Waals surface area contributed by atoms with Gasteiger partial charge in [0.05, 0.1) is 0 Å². The van der Waals surface area contributed by atoms with Crippen LogP contribution < -0.4 is 10.6 Å². The van der Waals surface area contributed by atoms with Gasteiger partial charge in [0.1, 0.15) is 29.7 Å². The van der Waals surface area contributed by atoms with E-state index < -0.39 is 36.0 Å². The van der Waals surface area contributed by atoms with E-state index in [-0.39, 0.29) is 73.7 Å². The van der Waals surface area contributed by atoms with E-state index in [1.807, 2.05) is 27.7 Å². The number of ketones is 2. The molecule has 0 aromatic rings. The lowest BCUT2D eigenvalue weighted by molar-refractivity contribution is -0.150. The maximum atomic E-state index is 12.3. The first-order valence-corrected chi connectivity index (χ1v) is 20.0. The average Bonchev–Trinajstić information content (AvgIpc) is 3.60. The van der Waals surface area contributed by atoms with E-state index >= 15 is 0 Å². The Morgan fingerprint density at radius 3 is 1.29 bits per heavy atom. The van der Waals surface area contributed by atoms with Crippen LogP contribution in [0, 0.1) is 17.8 Å². The number of hydrogen-bond acceptors (Lipinski definition) is 8. The van der Waals surface area contributed by atoms with Gasteiger partial charge in [-0.25, -0.2) is 14.4 Å². The van der Waals surface area contributed by atoms with E-state index in [0.717, 1.165) is 83.5 Å². The minimum Gasteiger partial charge on any atom is -0.480 e. The van der Waals surface area contributed by atoms with Gasteiger partial charge in [-0.05, 0) is 71.6 Å². The predicted octanol–water partition coefficient (Wildman–Crippen LogP) is 6.81. The van der Waals surface area contributed by atoms with Crippen LogP contribution in [0.1, 0.15) is 172 Å². The van der Waals surface area contributed by atoms with Crippen molar-refractivity contribution in [2.45, 2.75) is 190 Å². The molecule has 5 N–H and O–H groups in total. The number of carboxylic acids is 3. The van der Waals surface area contributed by atoms with Crippen LogP contribution in [-0.4, -0.2) is 92.1 Å². The van der Waals surface area contributed by atoms with E-state index in [0.29, 0.717) is 13.0 Å². The molecule has 0 spiro atoms. The molecule has 0 aromatic carbocycles. The normalized spacial score (nSPS) is 14.4. The Morgan fingerprint density at radius 2 is 0.964 bits per heavy atom. The maximum absolute atomic E-state index is 12.3. The van der Waals surface area contributed by atoms with Crippen molar-refractivity contribution in [2.24, 2.45) is 17.8 Å². The molecule has 14 nitrogen and oxygen atoms in total. The molecule has 1 fully saturated rings. The summed E-state index contributed by atoms with van der Waals surface area (Å²) in [6, 6.07) is -2.66. The molecule has 0 aromatic heterocycles. The number of carboxylic acid groups (broad SMARTS) is 3. The molecule has 1 saturated heterocycles. The third-order valence-corrected chi connectivity index (χ3v) is 9.24. The first-order chi connectivity index (χ1) is 25.4. The Morgan fingerprint density at radius 1 is 0.582 bits per heavy atom. The Kier molecular flexibility index (Phi) is 32.7. The fourth-order valence-corrected chi connectivity index (χ4v) is 6.49. The lowest BCUT2D eigenvalue weighted by Crippen LogP contribution is -2.44. The van der Waals surface area contributed by atoms with Gasteiger partial charge < -0.3 is 35.6 Å². The molecule has 1 heterocycles. The molecule has 1 aliphatic rings. The van der Waals surface area contributed by atoms with Crippen LogP contribution in [0.15, 0.2) is 0 Å². The van der Waals surface area contributed by atoms with E-state index in [1.54, 1.807) is 4.90 Å².